The highest BCUT2D eigenvalue weighted by Crippen LogP contribution is 2.38. The van der Waals surface area contributed by atoms with Gasteiger partial charge in [0.1, 0.15) is 19.3 Å². The summed E-state index contributed by atoms with van der Waals surface area (Å²) in [6.45, 7) is 6.86. The molecule has 10 heteroatoms. The molecule has 3 unspecified atom stereocenters. The smallest absolute Gasteiger partial charge is 0.306 e. The fraction of sp³-hybridized carbons (Fsp3) is 0.836. The lowest BCUT2D eigenvalue weighted by molar-refractivity contribution is -0.870. The van der Waals surface area contributed by atoms with Crippen LogP contribution >= 0.6 is 7.82 Å². The number of ether oxygens (including phenoxy) is 1. The lowest BCUT2D eigenvalue weighted by Gasteiger charge is -2.30. The largest absolute Gasteiger partial charge is 0.756 e. The fourth-order valence-corrected chi connectivity index (χ4v) is 11.2. The molecule has 0 heterocycles. The van der Waals surface area contributed by atoms with Gasteiger partial charge in [0.2, 0.25) is 5.91 Å². The maximum atomic E-state index is 13.6. The standard InChI is InChI=1S/C73H137N2O7P/c1-7-10-13-16-19-22-25-28-30-32-33-34-35-36-37-38-39-40-41-43-45-48-51-54-57-60-63-66-73(77)82-71(64-61-58-55-52-49-46-27-24-21-18-15-12-9-3)70(69-81-83(78,79)80-68-67-75(4,5)6)74-72(76)65-62-59-56-53-50-47-44-42-31-29-26-23-20-17-14-11-8-2/h19,22,28,30,33-34,36-37,61,64,70-71H,7-18,20-21,23-27,29,31-32,35,38-60,62-63,65-69H2,1-6H3,(H-,74,76,78,79)/b22-19-,30-28-,34-33-,37-36-,64-61+. The molecule has 0 bridgehead atoms. The number of phosphoric acid groups is 1. The SMILES string of the molecule is CCCCC/C=C\C/C=C\C/C=C\C/C=C\CCCCCCCCCCCCCC(=O)OC(/C=C/CCCCCCCCCCCCC)C(COP(=O)([O-])OCC[N+](C)(C)C)NC(=O)CCCCCCCCCCCCCCCCCCC. The average molecular weight is 1190 g/mol. The molecule has 0 rings (SSSR count). The number of quaternary nitrogens is 1. The minimum absolute atomic E-state index is 0.0217. The molecule has 0 aromatic carbocycles. The number of unbranched alkanes of at least 4 members (excludes halogenated alkanes) is 41. The van der Waals surface area contributed by atoms with Crippen molar-refractivity contribution in [3.63, 3.8) is 0 Å². The number of hydrogen-bond acceptors (Lipinski definition) is 7. The normalized spacial score (nSPS) is 13.9. The zero-order chi connectivity index (χ0) is 60.7. The van der Waals surface area contributed by atoms with Crippen molar-refractivity contribution in [3.8, 4) is 0 Å². The molecular formula is C73H137N2O7P. The van der Waals surface area contributed by atoms with Gasteiger partial charge in [0.25, 0.3) is 7.82 Å². The number of likely N-dealkylation sites (N-methyl/N-ethyl adjacent to an activating group) is 1. The zero-order valence-corrected chi connectivity index (χ0v) is 56.6. The highest BCUT2D eigenvalue weighted by molar-refractivity contribution is 7.45. The van der Waals surface area contributed by atoms with Gasteiger partial charge >= 0.3 is 5.97 Å². The first-order valence-electron chi connectivity index (χ1n) is 35.6. The van der Waals surface area contributed by atoms with Crippen molar-refractivity contribution in [3.05, 3.63) is 60.8 Å². The van der Waals surface area contributed by atoms with Crippen molar-refractivity contribution in [1.29, 1.82) is 0 Å². The molecule has 3 atom stereocenters. The number of nitrogens with one attached hydrogen (secondary N) is 1. The van der Waals surface area contributed by atoms with E-state index in [1.54, 1.807) is 0 Å². The van der Waals surface area contributed by atoms with Crippen molar-refractivity contribution >= 4 is 19.7 Å². The number of esters is 1. The van der Waals surface area contributed by atoms with E-state index in [1.807, 2.05) is 33.3 Å². The number of nitrogens with zero attached hydrogens (tertiary/aromatic N) is 1. The summed E-state index contributed by atoms with van der Waals surface area (Å²) in [5.74, 6) is -0.529. The van der Waals surface area contributed by atoms with Crippen LogP contribution in [-0.2, 0) is 27.9 Å². The van der Waals surface area contributed by atoms with Crippen LogP contribution in [0.3, 0.4) is 0 Å². The van der Waals surface area contributed by atoms with Crippen molar-refractivity contribution in [1.82, 2.24) is 5.32 Å². The third-order valence-corrected chi connectivity index (χ3v) is 16.9. The number of hydrogen-bond donors (Lipinski definition) is 1. The van der Waals surface area contributed by atoms with Gasteiger partial charge in [-0.2, -0.15) is 0 Å². The Balaban J connectivity index is 5.07. The molecule has 0 spiro atoms. The number of phosphoric ester groups is 1. The van der Waals surface area contributed by atoms with Crippen LogP contribution in [0.4, 0.5) is 0 Å². The Morgan fingerprint density at radius 2 is 0.735 bits per heavy atom. The van der Waals surface area contributed by atoms with Crippen LogP contribution in [0.5, 0.6) is 0 Å². The third kappa shape index (κ3) is 64.0. The van der Waals surface area contributed by atoms with E-state index in [0.717, 1.165) is 77.0 Å². The molecule has 0 aromatic rings. The maximum absolute atomic E-state index is 13.6. The molecule has 0 aliphatic heterocycles. The van der Waals surface area contributed by atoms with E-state index < -0.39 is 20.0 Å². The molecule has 9 nitrogen and oxygen atoms in total. The summed E-state index contributed by atoms with van der Waals surface area (Å²) >= 11 is 0. The highest BCUT2D eigenvalue weighted by Gasteiger charge is 2.27. The van der Waals surface area contributed by atoms with E-state index in [2.05, 4.69) is 74.7 Å². The van der Waals surface area contributed by atoms with Crippen LogP contribution in [-0.4, -0.2) is 69.4 Å². The van der Waals surface area contributed by atoms with Gasteiger partial charge in [-0.25, -0.2) is 0 Å². The van der Waals surface area contributed by atoms with Crippen LogP contribution < -0.4 is 10.2 Å². The number of amides is 1. The summed E-state index contributed by atoms with van der Waals surface area (Å²) in [4.78, 5) is 40.2. The zero-order valence-electron chi connectivity index (χ0n) is 55.7. The van der Waals surface area contributed by atoms with E-state index in [9.17, 15) is 19.0 Å². The molecule has 1 amide bonds. The molecular weight excluding hydrogens is 1050 g/mol. The summed E-state index contributed by atoms with van der Waals surface area (Å²) in [5.41, 5.74) is 0. The van der Waals surface area contributed by atoms with Gasteiger partial charge in [-0.05, 0) is 76.7 Å². The van der Waals surface area contributed by atoms with E-state index in [-0.39, 0.29) is 31.5 Å². The molecule has 0 radical (unpaired) electrons. The first-order chi connectivity index (χ1) is 40.4. The molecule has 0 aromatic heterocycles. The van der Waals surface area contributed by atoms with Crippen LogP contribution in [0.2, 0.25) is 0 Å². The first-order valence-corrected chi connectivity index (χ1v) is 37.1. The number of carbonyl (C=O) groups excluding carboxylic acids is 2. The Kier molecular flexibility index (Phi) is 61.0. The van der Waals surface area contributed by atoms with Gasteiger partial charge in [0, 0.05) is 12.8 Å². The predicted molar refractivity (Wildman–Crippen MR) is 358 cm³/mol. The predicted octanol–water partition coefficient (Wildman–Crippen LogP) is 21.9. The second-order valence-corrected chi connectivity index (χ2v) is 26.8. The minimum atomic E-state index is -4.70. The minimum Gasteiger partial charge on any atom is -0.756 e. The summed E-state index contributed by atoms with van der Waals surface area (Å²) in [6.07, 6.45) is 80.5. The second kappa shape index (κ2) is 62.8. The fourth-order valence-electron chi connectivity index (χ4n) is 10.4. The van der Waals surface area contributed by atoms with E-state index in [1.165, 1.54) is 231 Å². The highest BCUT2D eigenvalue weighted by atomic mass is 31.2. The number of allylic oxidation sites excluding steroid dienone is 9. The average Bonchev–Trinajstić information content (AvgIpc) is 3.47. The lowest BCUT2D eigenvalue weighted by Crippen LogP contribution is -2.47. The monoisotopic (exact) mass is 1190 g/mol. The summed E-state index contributed by atoms with van der Waals surface area (Å²) < 4.78 is 30.5. The topological polar surface area (TPSA) is 114 Å². The van der Waals surface area contributed by atoms with Gasteiger partial charge in [-0.3, -0.25) is 14.2 Å². The quantitative estimate of drug-likeness (QED) is 0.0212. The Morgan fingerprint density at radius 3 is 1.12 bits per heavy atom. The van der Waals surface area contributed by atoms with Crippen molar-refractivity contribution in [2.75, 3.05) is 40.9 Å². The van der Waals surface area contributed by atoms with Gasteiger partial charge in [-0.1, -0.05) is 313 Å². The Bertz CT molecular complexity index is 1600. The molecule has 486 valence electrons. The Labute approximate surface area is 515 Å². The summed E-state index contributed by atoms with van der Waals surface area (Å²) in [7, 11) is 1.19. The molecule has 1 N–H and O–H groups in total. The van der Waals surface area contributed by atoms with Gasteiger partial charge in [0.05, 0.1) is 33.8 Å². The van der Waals surface area contributed by atoms with Gasteiger partial charge in [0.15, 0.2) is 0 Å². The van der Waals surface area contributed by atoms with Crippen molar-refractivity contribution in [2.45, 2.75) is 354 Å². The van der Waals surface area contributed by atoms with Crippen LogP contribution in [0.15, 0.2) is 60.8 Å². The van der Waals surface area contributed by atoms with Crippen LogP contribution in [0.1, 0.15) is 342 Å². The molecule has 0 saturated heterocycles. The first kappa shape index (κ1) is 80.7. The molecule has 0 fully saturated rings. The molecule has 83 heavy (non-hydrogen) atoms. The van der Waals surface area contributed by atoms with Gasteiger partial charge < -0.3 is 28.5 Å². The van der Waals surface area contributed by atoms with E-state index >= 15 is 0 Å². The molecule has 0 aliphatic rings. The van der Waals surface area contributed by atoms with Gasteiger partial charge in [-0.15, -0.1) is 0 Å². The summed E-state index contributed by atoms with van der Waals surface area (Å²) in [6, 6.07) is -0.889. The van der Waals surface area contributed by atoms with E-state index in [0.29, 0.717) is 17.4 Å². The number of rotatable bonds is 65. The Morgan fingerprint density at radius 1 is 0.422 bits per heavy atom. The second-order valence-electron chi connectivity index (χ2n) is 25.4. The third-order valence-electron chi connectivity index (χ3n) is 16.0. The summed E-state index contributed by atoms with van der Waals surface area (Å²) in [5, 5.41) is 3.05. The Hall–Kier alpha value is -2.29. The van der Waals surface area contributed by atoms with E-state index in [4.69, 9.17) is 13.8 Å². The molecule has 0 saturated carbocycles. The van der Waals surface area contributed by atoms with Crippen molar-refractivity contribution < 1.29 is 37.3 Å². The van der Waals surface area contributed by atoms with Crippen LogP contribution in [0.25, 0.3) is 0 Å². The maximum Gasteiger partial charge on any atom is 0.306 e. The lowest BCUT2D eigenvalue weighted by atomic mass is 10.0. The van der Waals surface area contributed by atoms with Crippen molar-refractivity contribution in [2.24, 2.45) is 0 Å². The number of carbonyl (C=O) groups is 2. The molecule has 0 aliphatic carbocycles. The van der Waals surface area contributed by atoms with Crippen LogP contribution in [0, 0.1) is 0 Å².